The van der Waals surface area contributed by atoms with E-state index >= 15 is 0 Å². The number of rotatable bonds is 5. The SMILES string of the molecule is CC(C)(C)CC(N)CC(=O)NC(C(=O)O)C(C)(C)C. The first-order valence-electron chi connectivity index (χ1n) is 6.60. The van der Waals surface area contributed by atoms with E-state index in [0.29, 0.717) is 6.42 Å². The summed E-state index contributed by atoms with van der Waals surface area (Å²) in [5.41, 5.74) is 5.43. The van der Waals surface area contributed by atoms with Crippen LogP contribution in [0.3, 0.4) is 0 Å². The van der Waals surface area contributed by atoms with Gasteiger partial charge >= 0.3 is 5.97 Å². The van der Waals surface area contributed by atoms with E-state index in [0.717, 1.165) is 0 Å². The predicted molar refractivity (Wildman–Crippen MR) is 75.7 cm³/mol. The van der Waals surface area contributed by atoms with Gasteiger partial charge in [-0.3, -0.25) is 4.79 Å². The standard InChI is InChI=1S/C14H28N2O3/c1-13(2,3)8-9(15)7-10(17)16-11(12(18)19)14(4,5)6/h9,11H,7-8,15H2,1-6H3,(H,16,17)(H,18,19). The van der Waals surface area contributed by atoms with Gasteiger partial charge in [-0.1, -0.05) is 41.5 Å². The average molecular weight is 272 g/mol. The lowest BCUT2D eigenvalue weighted by Crippen LogP contribution is -2.50. The maximum atomic E-state index is 11.8. The Morgan fingerprint density at radius 3 is 1.95 bits per heavy atom. The van der Waals surface area contributed by atoms with Gasteiger partial charge in [0.25, 0.3) is 0 Å². The molecule has 0 aliphatic carbocycles. The monoisotopic (exact) mass is 272 g/mol. The summed E-state index contributed by atoms with van der Waals surface area (Å²) < 4.78 is 0. The largest absolute Gasteiger partial charge is 0.480 e. The number of hydrogen-bond donors (Lipinski definition) is 3. The highest BCUT2D eigenvalue weighted by Crippen LogP contribution is 2.22. The molecule has 2 unspecified atom stereocenters. The van der Waals surface area contributed by atoms with Crippen molar-refractivity contribution in [2.75, 3.05) is 0 Å². The maximum Gasteiger partial charge on any atom is 0.326 e. The molecule has 0 fully saturated rings. The van der Waals surface area contributed by atoms with Gasteiger partial charge in [-0.25, -0.2) is 4.79 Å². The van der Waals surface area contributed by atoms with Crippen LogP contribution in [0.1, 0.15) is 54.4 Å². The average Bonchev–Trinajstić information content (AvgIpc) is 2.07. The molecule has 0 spiro atoms. The van der Waals surface area contributed by atoms with Gasteiger partial charge in [0, 0.05) is 12.5 Å². The number of carboxylic acid groups (broad SMARTS) is 1. The topological polar surface area (TPSA) is 92.4 Å². The Kier molecular flexibility index (Phi) is 6.00. The Balaban J connectivity index is 4.48. The lowest BCUT2D eigenvalue weighted by molar-refractivity contribution is -0.145. The predicted octanol–water partition coefficient (Wildman–Crippen LogP) is 1.76. The highest BCUT2D eigenvalue weighted by molar-refractivity contribution is 5.84. The number of carbonyl (C=O) groups excluding carboxylic acids is 1. The molecule has 5 nitrogen and oxygen atoms in total. The number of aliphatic carboxylic acids is 1. The minimum Gasteiger partial charge on any atom is -0.480 e. The van der Waals surface area contributed by atoms with Gasteiger partial charge in [0.2, 0.25) is 5.91 Å². The lowest BCUT2D eigenvalue weighted by atomic mass is 9.85. The van der Waals surface area contributed by atoms with Crippen LogP contribution in [0.15, 0.2) is 0 Å². The van der Waals surface area contributed by atoms with Gasteiger partial charge in [-0.05, 0) is 17.3 Å². The zero-order valence-electron chi connectivity index (χ0n) is 12.9. The van der Waals surface area contributed by atoms with Crippen LogP contribution in [0.25, 0.3) is 0 Å². The summed E-state index contributed by atoms with van der Waals surface area (Å²) in [5.74, 6) is -1.33. The Labute approximate surface area is 115 Å². The van der Waals surface area contributed by atoms with E-state index in [1.165, 1.54) is 0 Å². The van der Waals surface area contributed by atoms with Crippen LogP contribution >= 0.6 is 0 Å². The fourth-order valence-electron chi connectivity index (χ4n) is 1.97. The van der Waals surface area contributed by atoms with Gasteiger partial charge in [0.1, 0.15) is 6.04 Å². The normalized spacial score (nSPS) is 15.7. The van der Waals surface area contributed by atoms with Gasteiger partial charge in [-0.15, -0.1) is 0 Å². The van der Waals surface area contributed by atoms with Crippen LogP contribution in [0, 0.1) is 10.8 Å². The third-order valence-electron chi connectivity index (χ3n) is 2.74. The molecule has 4 N–H and O–H groups in total. The van der Waals surface area contributed by atoms with E-state index in [9.17, 15) is 9.59 Å². The summed E-state index contributed by atoms with van der Waals surface area (Å²) in [6.45, 7) is 11.5. The first-order chi connectivity index (χ1) is 8.33. The molecule has 5 heteroatoms. The Hall–Kier alpha value is -1.10. The van der Waals surface area contributed by atoms with Crippen molar-refractivity contribution >= 4 is 11.9 Å². The third kappa shape index (κ3) is 7.82. The molecular formula is C14H28N2O3. The van der Waals surface area contributed by atoms with E-state index in [2.05, 4.69) is 26.1 Å². The smallest absolute Gasteiger partial charge is 0.326 e. The summed E-state index contributed by atoms with van der Waals surface area (Å²) in [6, 6.07) is -1.16. The molecule has 0 radical (unpaired) electrons. The molecule has 0 aliphatic rings. The van der Waals surface area contributed by atoms with Gasteiger partial charge in [0.05, 0.1) is 0 Å². The van der Waals surface area contributed by atoms with Crippen molar-refractivity contribution in [2.45, 2.75) is 66.5 Å². The number of carbonyl (C=O) groups is 2. The third-order valence-corrected chi connectivity index (χ3v) is 2.74. The second-order valence-corrected chi connectivity index (χ2v) is 7.43. The maximum absolute atomic E-state index is 11.8. The number of carboxylic acids is 1. The summed E-state index contributed by atoms with van der Waals surface area (Å²) >= 11 is 0. The van der Waals surface area contributed by atoms with Crippen LogP contribution in [0.2, 0.25) is 0 Å². The van der Waals surface area contributed by atoms with Crippen molar-refractivity contribution in [3.8, 4) is 0 Å². The molecule has 0 aliphatic heterocycles. The highest BCUT2D eigenvalue weighted by Gasteiger charge is 2.32. The first kappa shape index (κ1) is 17.9. The van der Waals surface area contributed by atoms with Crippen LogP contribution in [0.4, 0.5) is 0 Å². The van der Waals surface area contributed by atoms with Crippen LogP contribution in [-0.4, -0.2) is 29.1 Å². The number of hydrogen-bond acceptors (Lipinski definition) is 3. The molecule has 19 heavy (non-hydrogen) atoms. The molecule has 2 atom stereocenters. The summed E-state index contributed by atoms with van der Waals surface area (Å²) in [4.78, 5) is 23.0. The molecule has 0 aromatic heterocycles. The number of nitrogens with one attached hydrogen (secondary N) is 1. The fraction of sp³-hybridized carbons (Fsp3) is 0.857. The van der Waals surface area contributed by atoms with Crippen LogP contribution < -0.4 is 11.1 Å². The van der Waals surface area contributed by atoms with Crippen LogP contribution in [0.5, 0.6) is 0 Å². The zero-order valence-corrected chi connectivity index (χ0v) is 12.9. The summed E-state index contributed by atoms with van der Waals surface area (Å²) in [6.07, 6.45) is 0.866. The molecule has 0 bridgehead atoms. The molecule has 112 valence electrons. The van der Waals surface area contributed by atoms with Crippen molar-refractivity contribution in [1.82, 2.24) is 5.32 Å². The minimum atomic E-state index is -1.02. The summed E-state index contributed by atoms with van der Waals surface area (Å²) in [7, 11) is 0. The van der Waals surface area contributed by atoms with Crippen molar-refractivity contribution in [3.63, 3.8) is 0 Å². The number of amides is 1. The quantitative estimate of drug-likeness (QED) is 0.711. The van der Waals surface area contributed by atoms with Crippen molar-refractivity contribution < 1.29 is 14.7 Å². The first-order valence-corrected chi connectivity index (χ1v) is 6.60. The molecule has 0 saturated carbocycles. The molecular weight excluding hydrogens is 244 g/mol. The van der Waals surface area contributed by atoms with Gasteiger partial charge in [0.15, 0.2) is 0 Å². The molecule has 1 amide bonds. The molecule has 0 rings (SSSR count). The Morgan fingerprint density at radius 1 is 1.16 bits per heavy atom. The van der Waals surface area contributed by atoms with Gasteiger partial charge in [-0.2, -0.15) is 0 Å². The summed E-state index contributed by atoms with van der Waals surface area (Å²) in [5, 5.41) is 11.7. The Bertz CT molecular complexity index is 327. The van der Waals surface area contributed by atoms with Crippen LogP contribution in [-0.2, 0) is 9.59 Å². The molecule has 0 aromatic carbocycles. The molecule has 0 heterocycles. The van der Waals surface area contributed by atoms with E-state index in [4.69, 9.17) is 10.8 Å². The van der Waals surface area contributed by atoms with Crippen molar-refractivity contribution in [2.24, 2.45) is 16.6 Å². The second-order valence-electron chi connectivity index (χ2n) is 7.43. The van der Waals surface area contributed by atoms with E-state index in [-0.39, 0.29) is 23.8 Å². The lowest BCUT2D eigenvalue weighted by Gasteiger charge is -2.29. The minimum absolute atomic E-state index is 0.0515. The van der Waals surface area contributed by atoms with E-state index in [1.54, 1.807) is 20.8 Å². The number of nitrogens with two attached hydrogens (primary N) is 1. The Morgan fingerprint density at radius 2 is 1.63 bits per heavy atom. The second kappa shape index (κ2) is 6.37. The molecule has 0 saturated heterocycles. The van der Waals surface area contributed by atoms with E-state index < -0.39 is 17.4 Å². The highest BCUT2D eigenvalue weighted by atomic mass is 16.4. The van der Waals surface area contributed by atoms with Crippen molar-refractivity contribution in [1.29, 1.82) is 0 Å². The zero-order chi connectivity index (χ0) is 15.4. The van der Waals surface area contributed by atoms with Crippen molar-refractivity contribution in [3.05, 3.63) is 0 Å². The fourth-order valence-corrected chi connectivity index (χ4v) is 1.97. The van der Waals surface area contributed by atoms with E-state index in [1.807, 2.05) is 0 Å². The van der Waals surface area contributed by atoms with Gasteiger partial charge < -0.3 is 16.2 Å². The molecule has 0 aromatic rings.